The normalized spacial score (nSPS) is 13.8. The molecule has 0 aromatic heterocycles. The highest BCUT2D eigenvalue weighted by Crippen LogP contribution is 2.29. The highest BCUT2D eigenvalue weighted by molar-refractivity contribution is 5.26. The number of hydrogen-bond donors (Lipinski definition) is 1. The fourth-order valence-corrected chi connectivity index (χ4v) is 1.79. The minimum atomic E-state index is -4.26. The third-order valence-electron chi connectivity index (χ3n) is 2.97. The second-order valence-corrected chi connectivity index (χ2v) is 4.95. The summed E-state index contributed by atoms with van der Waals surface area (Å²) in [5.41, 5.74) is 0.272. The highest BCUT2D eigenvalue weighted by Gasteiger charge is 2.30. The maximum Gasteiger partial charge on any atom is 0.416 e. The van der Waals surface area contributed by atoms with E-state index in [0.29, 0.717) is 0 Å². The minimum absolute atomic E-state index is 0.0597. The van der Waals surface area contributed by atoms with Crippen LogP contribution in [-0.2, 0) is 6.18 Å². The van der Waals surface area contributed by atoms with Crippen molar-refractivity contribution < 1.29 is 13.2 Å². The Kier molecular flexibility index (Phi) is 5.82. The van der Waals surface area contributed by atoms with E-state index >= 15 is 0 Å². The Morgan fingerprint density at radius 3 is 2.21 bits per heavy atom. The molecule has 1 aromatic rings. The van der Waals surface area contributed by atoms with Gasteiger partial charge in [0.05, 0.1) is 5.56 Å². The zero-order valence-electron chi connectivity index (χ0n) is 11.6. The topological polar surface area (TPSA) is 15.3 Å². The van der Waals surface area contributed by atoms with Gasteiger partial charge in [-0.2, -0.15) is 13.2 Å². The van der Waals surface area contributed by atoms with Gasteiger partial charge in [0.1, 0.15) is 0 Å². The minimum Gasteiger partial charge on any atom is -0.310 e. The van der Waals surface area contributed by atoms with Gasteiger partial charge in [0, 0.05) is 6.04 Å². The summed E-state index contributed by atoms with van der Waals surface area (Å²) >= 11 is 0. The molecular formula is C14H21F3N2. The van der Waals surface area contributed by atoms with Crippen LogP contribution in [0.4, 0.5) is 13.2 Å². The van der Waals surface area contributed by atoms with Gasteiger partial charge in [0.2, 0.25) is 0 Å². The number of nitrogens with one attached hydrogen (secondary N) is 1. The van der Waals surface area contributed by atoms with Crippen LogP contribution in [0.25, 0.3) is 0 Å². The van der Waals surface area contributed by atoms with E-state index in [9.17, 15) is 13.2 Å². The van der Waals surface area contributed by atoms with Crippen molar-refractivity contribution in [3.63, 3.8) is 0 Å². The maximum absolute atomic E-state index is 12.4. The third kappa shape index (κ3) is 5.61. The van der Waals surface area contributed by atoms with Crippen molar-refractivity contribution in [2.24, 2.45) is 0 Å². The van der Waals surface area contributed by atoms with E-state index < -0.39 is 11.7 Å². The SMILES string of the molecule is CC(NCCCN(C)C)c1ccc(C(F)(F)F)cc1. The summed E-state index contributed by atoms with van der Waals surface area (Å²) in [6.45, 7) is 3.80. The van der Waals surface area contributed by atoms with E-state index in [1.807, 2.05) is 21.0 Å². The van der Waals surface area contributed by atoms with Crippen LogP contribution >= 0.6 is 0 Å². The maximum atomic E-state index is 12.4. The first-order chi connectivity index (χ1) is 8.80. The summed E-state index contributed by atoms with van der Waals surface area (Å²) in [5.74, 6) is 0. The molecule has 1 rings (SSSR count). The second kappa shape index (κ2) is 6.91. The molecule has 0 saturated carbocycles. The molecule has 19 heavy (non-hydrogen) atoms. The van der Waals surface area contributed by atoms with Gasteiger partial charge in [-0.1, -0.05) is 12.1 Å². The van der Waals surface area contributed by atoms with Crippen LogP contribution in [0.15, 0.2) is 24.3 Å². The molecule has 1 atom stereocenters. The van der Waals surface area contributed by atoms with E-state index in [4.69, 9.17) is 0 Å². The lowest BCUT2D eigenvalue weighted by Gasteiger charge is -2.16. The standard InChI is InChI=1S/C14H21F3N2/c1-11(18-9-4-10-19(2)3)12-5-7-13(8-6-12)14(15,16)17/h5-8,11,18H,4,9-10H2,1-3H3. The molecule has 1 N–H and O–H groups in total. The van der Waals surface area contributed by atoms with Crippen LogP contribution in [-0.4, -0.2) is 32.1 Å². The summed E-state index contributed by atoms with van der Waals surface area (Å²) in [4.78, 5) is 2.10. The lowest BCUT2D eigenvalue weighted by Crippen LogP contribution is -2.23. The number of hydrogen-bond acceptors (Lipinski definition) is 2. The summed E-state index contributed by atoms with van der Waals surface area (Å²) in [7, 11) is 4.03. The van der Waals surface area contributed by atoms with Crippen molar-refractivity contribution in [1.82, 2.24) is 10.2 Å². The van der Waals surface area contributed by atoms with Crippen LogP contribution in [0, 0.1) is 0 Å². The fourth-order valence-electron chi connectivity index (χ4n) is 1.79. The number of nitrogens with zero attached hydrogens (tertiary/aromatic N) is 1. The van der Waals surface area contributed by atoms with Crippen molar-refractivity contribution in [3.8, 4) is 0 Å². The molecule has 0 fully saturated rings. The molecular weight excluding hydrogens is 253 g/mol. The molecule has 2 nitrogen and oxygen atoms in total. The van der Waals surface area contributed by atoms with Crippen LogP contribution in [0.3, 0.4) is 0 Å². The number of halogens is 3. The van der Waals surface area contributed by atoms with E-state index in [-0.39, 0.29) is 6.04 Å². The first-order valence-electron chi connectivity index (χ1n) is 6.36. The Labute approximate surface area is 112 Å². The summed E-state index contributed by atoms with van der Waals surface area (Å²) in [5, 5.41) is 3.30. The largest absolute Gasteiger partial charge is 0.416 e. The van der Waals surface area contributed by atoms with Crippen LogP contribution in [0.5, 0.6) is 0 Å². The molecule has 1 unspecified atom stereocenters. The molecule has 108 valence electrons. The van der Waals surface area contributed by atoms with Crippen molar-refractivity contribution >= 4 is 0 Å². The van der Waals surface area contributed by atoms with Crippen molar-refractivity contribution in [1.29, 1.82) is 0 Å². The summed E-state index contributed by atoms with van der Waals surface area (Å²) in [6, 6.07) is 5.39. The molecule has 0 amide bonds. The fraction of sp³-hybridized carbons (Fsp3) is 0.571. The molecule has 0 spiro atoms. The van der Waals surface area contributed by atoms with Gasteiger partial charge in [0.25, 0.3) is 0 Å². The predicted octanol–water partition coefficient (Wildman–Crippen LogP) is 3.31. The molecule has 5 heteroatoms. The lowest BCUT2D eigenvalue weighted by molar-refractivity contribution is -0.137. The Bertz CT molecular complexity index is 371. The van der Waals surface area contributed by atoms with Gasteiger partial charge in [-0.25, -0.2) is 0 Å². The molecule has 1 aromatic carbocycles. The van der Waals surface area contributed by atoms with Crippen molar-refractivity contribution in [2.45, 2.75) is 25.6 Å². The molecule has 0 aliphatic rings. The highest BCUT2D eigenvalue weighted by atomic mass is 19.4. The molecule has 0 saturated heterocycles. The first kappa shape index (κ1) is 16.0. The zero-order valence-corrected chi connectivity index (χ0v) is 11.6. The first-order valence-corrected chi connectivity index (χ1v) is 6.36. The number of alkyl halides is 3. The smallest absolute Gasteiger partial charge is 0.310 e. The number of benzene rings is 1. The molecule has 0 aliphatic carbocycles. The Hall–Kier alpha value is -1.07. The monoisotopic (exact) mass is 274 g/mol. The predicted molar refractivity (Wildman–Crippen MR) is 71.0 cm³/mol. The van der Waals surface area contributed by atoms with Gasteiger partial charge in [0.15, 0.2) is 0 Å². The van der Waals surface area contributed by atoms with Gasteiger partial charge in [-0.05, 0) is 58.2 Å². The van der Waals surface area contributed by atoms with Gasteiger partial charge < -0.3 is 10.2 Å². The van der Waals surface area contributed by atoms with Crippen LogP contribution in [0.2, 0.25) is 0 Å². The van der Waals surface area contributed by atoms with E-state index in [0.717, 1.165) is 37.2 Å². The van der Waals surface area contributed by atoms with Crippen LogP contribution < -0.4 is 5.32 Å². The zero-order chi connectivity index (χ0) is 14.5. The second-order valence-electron chi connectivity index (χ2n) is 4.95. The van der Waals surface area contributed by atoms with Gasteiger partial charge >= 0.3 is 6.18 Å². The van der Waals surface area contributed by atoms with E-state index in [1.54, 1.807) is 0 Å². The molecule has 0 bridgehead atoms. The number of rotatable bonds is 6. The van der Waals surface area contributed by atoms with Crippen molar-refractivity contribution in [2.75, 3.05) is 27.2 Å². The Morgan fingerprint density at radius 1 is 1.16 bits per heavy atom. The van der Waals surface area contributed by atoms with E-state index in [1.165, 1.54) is 12.1 Å². The summed E-state index contributed by atoms with van der Waals surface area (Å²) in [6.07, 6.45) is -3.25. The Balaban J connectivity index is 2.47. The van der Waals surface area contributed by atoms with Gasteiger partial charge in [-0.3, -0.25) is 0 Å². The third-order valence-corrected chi connectivity index (χ3v) is 2.97. The van der Waals surface area contributed by atoms with Crippen molar-refractivity contribution in [3.05, 3.63) is 35.4 Å². The Morgan fingerprint density at radius 2 is 1.74 bits per heavy atom. The summed E-state index contributed by atoms with van der Waals surface area (Å²) < 4.78 is 37.3. The average molecular weight is 274 g/mol. The molecule has 0 radical (unpaired) electrons. The average Bonchev–Trinajstić information content (AvgIpc) is 2.33. The van der Waals surface area contributed by atoms with E-state index in [2.05, 4.69) is 10.2 Å². The molecule has 0 aliphatic heterocycles. The molecule has 0 heterocycles. The van der Waals surface area contributed by atoms with Gasteiger partial charge in [-0.15, -0.1) is 0 Å². The quantitative estimate of drug-likeness (QED) is 0.801. The lowest BCUT2D eigenvalue weighted by atomic mass is 10.1. The van der Waals surface area contributed by atoms with Crippen LogP contribution in [0.1, 0.15) is 30.5 Å².